The van der Waals surface area contributed by atoms with Crippen LogP contribution in [-0.2, 0) is 5.79 Å². The van der Waals surface area contributed by atoms with Crippen LogP contribution in [-0.4, -0.2) is 21.0 Å². The highest BCUT2D eigenvalue weighted by Gasteiger charge is 2.47. The van der Waals surface area contributed by atoms with Crippen LogP contribution in [0.15, 0.2) is 156 Å². The van der Waals surface area contributed by atoms with Gasteiger partial charge in [0.2, 0.25) is 0 Å². The smallest absolute Gasteiger partial charge is 0.263 e. The van der Waals surface area contributed by atoms with Crippen LogP contribution >= 0.6 is 69.6 Å². The first-order valence-corrected chi connectivity index (χ1v) is 18.4. The largest absolute Gasteiger partial charge is 0.274 e. The Balaban J connectivity index is 1.63. The zero-order chi connectivity index (χ0) is 36.0. The van der Waals surface area contributed by atoms with Crippen LogP contribution < -0.4 is 0 Å². The van der Waals surface area contributed by atoms with Gasteiger partial charge in [-0.3, -0.25) is 4.57 Å². The molecule has 4 nitrogen and oxygen atoms in total. The number of imidazole rings is 1. The number of rotatable bonds is 7. The van der Waals surface area contributed by atoms with Crippen LogP contribution in [0.25, 0.3) is 33.9 Å². The van der Waals surface area contributed by atoms with Gasteiger partial charge in [0.1, 0.15) is 5.82 Å². The van der Waals surface area contributed by atoms with Crippen molar-refractivity contribution in [1.29, 1.82) is 0 Å². The van der Waals surface area contributed by atoms with E-state index in [1.54, 1.807) is 0 Å². The van der Waals surface area contributed by atoms with E-state index in [2.05, 4.69) is 0 Å². The van der Waals surface area contributed by atoms with Crippen molar-refractivity contribution in [2.75, 3.05) is 0 Å². The van der Waals surface area contributed by atoms with Crippen LogP contribution in [0.4, 0.5) is 0 Å². The molecule has 0 bridgehead atoms. The van der Waals surface area contributed by atoms with Crippen molar-refractivity contribution in [3.8, 4) is 33.9 Å². The van der Waals surface area contributed by atoms with Gasteiger partial charge in [-0.15, -0.1) is 0 Å². The first kappa shape index (κ1) is 34.7. The van der Waals surface area contributed by atoms with Crippen molar-refractivity contribution in [3.05, 3.63) is 192 Å². The molecular weight excluding hydrogens is 773 g/mol. The average Bonchev–Trinajstić information content (AvgIpc) is 3.73. The van der Waals surface area contributed by atoms with Crippen molar-refractivity contribution >= 4 is 81.0 Å². The molecule has 0 N–H and O–H groups in total. The van der Waals surface area contributed by atoms with Crippen molar-refractivity contribution in [1.82, 2.24) is 9.55 Å². The summed E-state index contributed by atoms with van der Waals surface area (Å²) in [5, 5.41) is 2.80. The highest BCUT2D eigenvalue weighted by atomic mass is 35.5. The molecular formula is C42H24Cl6N4. The van der Waals surface area contributed by atoms with Gasteiger partial charge in [-0.05, 0) is 42.5 Å². The summed E-state index contributed by atoms with van der Waals surface area (Å²) in [6, 6.07) is 45.0. The fourth-order valence-electron chi connectivity index (χ4n) is 6.49. The molecule has 8 rings (SSSR count). The molecule has 254 valence electrons. The average molecular weight is 797 g/mol. The van der Waals surface area contributed by atoms with E-state index in [0.29, 0.717) is 92.2 Å². The van der Waals surface area contributed by atoms with Gasteiger partial charge in [-0.2, -0.15) is 0 Å². The van der Waals surface area contributed by atoms with E-state index in [-0.39, 0.29) is 0 Å². The van der Waals surface area contributed by atoms with Crippen molar-refractivity contribution in [2.24, 2.45) is 9.98 Å². The lowest BCUT2D eigenvalue weighted by Gasteiger charge is -2.30. The second-order valence-corrected chi connectivity index (χ2v) is 14.3. The normalized spacial score (nSPS) is 13.6. The van der Waals surface area contributed by atoms with E-state index in [4.69, 9.17) is 84.6 Å². The summed E-state index contributed by atoms with van der Waals surface area (Å²) in [5.74, 6) is -1.21. The van der Waals surface area contributed by atoms with Crippen LogP contribution in [0.1, 0.15) is 16.7 Å². The minimum atomic E-state index is -1.66. The van der Waals surface area contributed by atoms with E-state index in [1.807, 2.05) is 150 Å². The molecule has 0 aliphatic carbocycles. The summed E-state index contributed by atoms with van der Waals surface area (Å²) in [7, 11) is 0. The maximum absolute atomic E-state index is 7.20. The van der Waals surface area contributed by atoms with E-state index < -0.39 is 5.79 Å². The van der Waals surface area contributed by atoms with Crippen LogP contribution in [0.2, 0.25) is 30.1 Å². The Morgan fingerprint density at radius 1 is 0.385 bits per heavy atom. The molecule has 6 aromatic carbocycles. The molecule has 0 fully saturated rings. The van der Waals surface area contributed by atoms with E-state index in [1.165, 1.54) is 0 Å². The summed E-state index contributed by atoms with van der Waals surface area (Å²) in [5.41, 5.74) is 5.95. The molecule has 0 unspecified atom stereocenters. The van der Waals surface area contributed by atoms with Crippen LogP contribution in [0.5, 0.6) is 0 Å². The van der Waals surface area contributed by atoms with E-state index in [0.717, 1.165) is 0 Å². The molecule has 1 aromatic heterocycles. The summed E-state index contributed by atoms with van der Waals surface area (Å²) < 4.78 is 1.95. The van der Waals surface area contributed by atoms with E-state index in [9.17, 15) is 0 Å². The van der Waals surface area contributed by atoms with Gasteiger partial charge in [0.25, 0.3) is 5.79 Å². The number of aromatic nitrogens is 2. The lowest BCUT2D eigenvalue weighted by molar-refractivity contribution is 0.409. The first-order valence-electron chi connectivity index (χ1n) is 16.1. The quantitative estimate of drug-likeness (QED) is 0.158. The summed E-state index contributed by atoms with van der Waals surface area (Å²) in [4.78, 5) is 16.6. The Kier molecular flexibility index (Phi) is 9.48. The Labute approximate surface area is 330 Å². The number of halogens is 6. The standard InChI is InChI=1S/C42H24Cl6N4/c43-31-19-7-1-13-25(31)37-38(26-14-2-8-20-32(26)44)51-42(50-37,30-18-6-12-24-36(30)48)52-40(28-16-4-10-22-34(28)46)39(27-15-3-9-21-33(27)45)49-41(52)29-17-5-11-23-35(29)47/h1-24H. The number of benzene rings is 6. The minimum absolute atomic E-state index is 0.414. The number of hydrogen-bond acceptors (Lipinski definition) is 3. The predicted molar refractivity (Wildman–Crippen MR) is 218 cm³/mol. The zero-order valence-corrected chi connectivity index (χ0v) is 31.4. The van der Waals surface area contributed by atoms with Crippen LogP contribution in [0, 0.1) is 0 Å². The van der Waals surface area contributed by atoms with Crippen molar-refractivity contribution < 1.29 is 0 Å². The van der Waals surface area contributed by atoms with Gasteiger partial charge in [0.05, 0.1) is 47.9 Å². The first-order chi connectivity index (χ1) is 25.3. The maximum atomic E-state index is 7.20. The Morgan fingerprint density at radius 2 is 0.750 bits per heavy atom. The molecule has 1 aliphatic rings. The zero-order valence-electron chi connectivity index (χ0n) is 26.9. The number of hydrogen-bond donors (Lipinski definition) is 0. The predicted octanol–water partition coefficient (Wildman–Crippen LogP) is 13.5. The highest BCUT2D eigenvalue weighted by molar-refractivity contribution is 6.58. The number of nitrogens with zero attached hydrogens (tertiary/aromatic N) is 4. The molecule has 10 heteroatoms. The topological polar surface area (TPSA) is 42.5 Å². The van der Waals surface area contributed by atoms with Gasteiger partial charge < -0.3 is 0 Å². The third-order valence-corrected chi connectivity index (χ3v) is 10.8. The molecule has 7 aromatic rings. The highest BCUT2D eigenvalue weighted by Crippen LogP contribution is 2.50. The summed E-state index contributed by atoms with van der Waals surface area (Å²) in [6.45, 7) is 0. The van der Waals surface area contributed by atoms with Gasteiger partial charge in [-0.25, -0.2) is 15.0 Å². The Bertz CT molecular complexity index is 2510. The second-order valence-electron chi connectivity index (χ2n) is 11.9. The molecule has 0 amide bonds. The second kappa shape index (κ2) is 14.2. The molecule has 0 saturated carbocycles. The van der Waals surface area contributed by atoms with Gasteiger partial charge in [-0.1, -0.05) is 173 Å². The molecule has 52 heavy (non-hydrogen) atoms. The minimum Gasteiger partial charge on any atom is -0.274 e. The summed E-state index contributed by atoms with van der Waals surface area (Å²) >= 11 is 42.2. The monoisotopic (exact) mass is 794 g/mol. The van der Waals surface area contributed by atoms with Gasteiger partial charge >= 0.3 is 0 Å². The van der Waals surface area contributed by atoms with Gasteiger partial charge in [0, 0.05) is 38.4 Å². The SMILES string of the molecule is Clc1ccccc1C1=NC(c2ccccc2Cl)(n2c(-c3ccccc3Cl)nc(-c3ccccc3Cl)c2-c2ccccc2Cl)N=C1c1ccccc1Cl. The third-order valence-electron chi connectivity index (χ3n) is 8.81. The molecule has 1 aliphatic heterocycles. The third kappa shape index (κ3) is 5.94. The van der Waals surface area contributed by atoms with Crippen molar-refractivity contribution in [3.63, 3.8) is 0 Å². The fraction of sp³-hybridized carbons (Fsp3) is 0.0238. The van der Waals surface area contributed by atoms with E-state index >= 15 is 0 Å². The molecule has 0 atom stereocenters. The van der Waals surface area contributed by atoms with Crippen LogP contribution in [0.3, 0.4) is 0 Å². The number of aliphatic imine (C=N–C) groups is 2. The van der Waals surface area contributed by atoms with Crippen molar-refractivity contribution in [2.45, 2.75) is 5.79 Å². The molecule has 0 spiro atoms. The Morgan fingerprint density at radius 3 is 1.19 bits per heavy atom. The maximum Gasteiger partial charge on any atom is 0.263 e. The lowest BCUT2D eigenvalue weighted by atomic mass is 10.00. The fourth-order valence-corrected chi connectivity index (χ4v) is 7.87. The Hall–Kier alpha value is -4.39. The van der Waals surface area contributed by atoms with Gasteiger partial charge in [0.15, 0.2) is 0 Å². The summed E-state index contributed by atoms with van der Waals surface area (Å²) in [6.07, 6.45) is 0. The lowest BCUT2D eigenvalue weighted by Crippen LogP contribution is -2.32. The molecule has 0 radical (unpaired) electrons. The molecule has 0 saturated heterocycles. The molecule has 2 heterocycles.